The van der Waals surface area contributed by atoms with Gasteiger partial charge in [-0.15, -0.1) is 5.92 Å². The van der Waals surface area contributed by atoms with Crippen molar-refractivity contribution in [1.82, 2.24) is 5.32 Å². The molecular weight excluding hydrogens is 222 g/mol. The summed E-state index contributed by atoms with van der Waals surface area (Å²) < 4.78 is 5.53. The zero-order chi connectivity index (χ0) is 13.3. The van der Waals surface area contributed by atoms with E-state index in [2.05, 4.69) is 55.3 Å². The molecule has 0 saturated heterocycles. The predicted octanol–water partition coefficient (Wildman–Crippen LogP) is 2.84. The summed E-state index contributed by atoms with van der Waals surface area (Å²) in [6, 6.07) is 10.4. The molecule has 0 unspecified atom stereocenters. The Labute approximate surface area is 111 Å². The van der Waals surface area contributed by atoms with E-state index in [9.17, 15) is 0 Å². The van der Waals surface area contributed by atoms with Gasteiger partial charge in [-0.05, 0) is 12.5 Å². The van der Waals surface area contributed by atoms with Gasteiger partial charge in [0.15, 0.2) is 0 Å². The van der Waals surface area contributed by atoms with Crippen molar-refractivity contribution >= 4 is 0 Å². The topological polar surface area (TPSA) is 21.3 Å². The molecular formula is C16H23NO. The lowest BCUT2D eigenvalue weighted by atomic mass is 9.95. The second kappa shape index (κ2) is 7.92. The van der Waals surface area contributed by atoms with Gasteiger partial charge in [0.1, 0.15) is 6.61 Å². The molecule has 18 heavy (non-hydrogen) atoms. The first-order chi connectivity index (χ1) is 8.64. The smallest absolute Gasteiger partial charge is 0.107 e. The van der Waals surface area contributed by atoms with Crippen LogP contribution >= 0.6 is 0 Å². The highest BCUT2D eigenvalue weighted by Gasteiger charge is 2.17. The van der Waals surface area contributed by atoms with Gasteiger partial charge in [-0.25, -0.2) is 0 Å². The third-order valence-electron chi connectivity index (χ3n) is 2.62. The fourth-order valence-corrected chi connectivity index (χ4v) is 1.64. The molecule has 0 radical (unpaired) electrons. The number of hydrogen-bond donors (Lipinski definition) is 1. The molecule has 0 bridgehead atoms. The van der Waals surface area contributed by atoms with Crippen LogP contribution in [0.15, 0.2) is 30.3 Å². The lowest BCUT2D eigenvalue weighted by molar-refractivity contribution is 0.0831. The molecule has 1 aromatic carbocycles. The maximum atomic E-state index is 5.53. The predicted molar refractivity (Wildman–Crippen MR) is 76.2 cm³/mol. The normalized spacial score (nSPS) is 10.8. The number of nitrogens with one attached hydrogen (secondary N) is 1. The summed E-state index contributed by atoms with van der Waals surface area (Å²) in [7, 11) is 0. The molecule has 0 aromatic heterocycles. The van der Waals surface area contributed by atoms with Crippen LogP contribution in [-0.2, 0) is 11.3 Å². The molecule has 0 heterocycles. The van der Waals surface area contributed by atoms with Crippen molar-refractivity contribution in [3.05, 3.63) is 35.9 Å². The molecule has 0 aliphatic carbocycles. The Kier molecular flexibility index (Phi) is 6.49. The Morgan fingerprint density at radius 2 is 1.94 bits per heavy atom. The summed E-state index contributed by atoms with van der Waals surface area (Å²) in [5.41, 5.74) is 1.44. The number of rotatable bonds is 7. The Balaban J connectivity index is 2.21. The highest BCUT2D eigenvalue weighted by Crippen LogP contribution is 2.14. The number of hydrogen-bond acceptors (Lipinski definition) is 2. The molecule has 0 spiro atoms. The van der Waals surface area contributed by atoms with E-state index < -0.39 is 0 Å². The average Bonchev–Trinajstić information content (AvgIpc) is 2.36. The average molecular weight is 245 g/mol. The summed E-state index contributed by atoms with van der Waals surface area (Å²) >= 11 is 0. The Bertz CT molecular complexity index is 387. The van der Waals surface area contributed by atoms with Crippen molar-refractivity contribution in [3.63, 3.8) is 0 Å². The molecule has 1 aromatic rings. The van der Waals surface area contributed by atoms with Crippen LogP contribution in [0, 0.1) is 17.3 Å². The zero-order valence-corrected chi connectivity index (χ0v) is 11.6. The van der Waals surface area contributed by atoms with Gasteiger partial charge in [0.05, 0.1) is 6.61 Å². The highest BCUT2D eigenvalue weighted by molar-refractivity contribution is 5.14. The van der Waals surface area contributed by atoms with Gasteiger partial charge in [-0.2, -0.15) is 0 Å². The quantitative estimate of drug-likeness (QED) is 0.589. The fraction of sp³-hybridized carbons (Fsp3) is 0.500. The van der Waals surface area contributed by atoms with Crippen molar-refractivity contribution in [3.8, 4) is 11.8 Å². The van der Waals surface area contributed by atoms with Crippen LogP contribution in [0.4, 0.5) is 0 Å². The van der Waals surface area contributed by atoms with Gasteiger partial charge in [0, 0.05) is 18.5 Å². The fourth-order valence-electron chi connectivity index (χ4n) is 1.64. The standard InChI is InChI=1S/C16H23NO/c1-4-5-11-18-14-16(2,3)13-17-12-15-9-7-6-8-10-15/h6-10,17H,11-14H2,1-3H3. The Morgan fingerprint density at radius 3 is 2.61 bits per heavy atom. The second-order valence-corrected chi connectivity index (χ2v) is 5.17. The second-order valence-electron chi connectivity index (χ2n) is 5.17. The summed E-state index contributed by atoms with van der Waals surface area (Å²) in [5.74, 6) is 5.74. The van der Waals surface area contributed by atoms with Gasteiger partial charge in [0.25, 0.3) is 0 Å². The molecule has 0 aliphatic heterocycles. The van der Waals surface area contributed by atoms with E-state index in [-0.39, 0.29) is 5.41 Å². The van der Waals surface area contributed by atoms with Crippen LogP contribution in [0.2, 0.25) is 0 Å². The van der Waals surface area contributed by atoms with Crippen molar-refractivity contribution in [2.45, 2.75) is 27.3 Å². The van der Waals surface area contributed by atoms with Crippen molar-refractivity contribution in [1.29, 1.82) is 0 Å². The summed E-state index contributed by atoms with van der Waals surface area (Å²) in [5, 5.41) is 3.47. The third-order valence-corrected chi connectivity index (χ3v) is 2.62. The minimum atomic E-state index is 0.129. The van der Waals surface area contributed by atoms with Gasteiger partial charge < -0.3 is 10.1 Å². The molecule has 2 nitrogen and oxygen atoms in total. The molecule has 0 aliphatic rings. The van der Waals surface area contributed by atoms with Crippen molar-refractivity contribution < 1.29 is 4.74 Å². The van der Waals surface area contributed by atoms with Gasteiger partial charge in [-0.1, -0.05) is 50.1 Å². The molecule has 0 saturated carbocycles. The van der Waals surface area contributed by atoms with E-state index in [0.717, 1.165) is 19.7 Å². The van der Waals surface area contributed by atoms with Crippen molar-refractivity contribution in [2.75, 3.05) is 19.8 Å². The van der Waals surface area contributed by atoms with Crippen molar-refractivity contribution in [2.24, 2.45) is 5.41 Å². The molecule has 2 heteroatoms. The molecule has 0 fully saturated rings. The van der Waals surface area contributed by atoms with Crippen LogP contribution in [0.5, 0.6) is 0 Å². The summed E-state index contributed by atoms with van der Waals surface area (Å²) in [4.78, 5) is 0. The van der Waals surface area contributed by atoms with E-state index >= 15 is 0 Å². The number of benzene rings is 1. The SMILES string of the molecule is CC#CCOCC(C)(C)CNCc1ccccc1. The molecule has 1 N–H and O–H groups in total. The van der Waals surface area contributed by atoms with E-state index in [0.29, 0.717) is 6.61 Å². The zero-order valence-electron chi connectivity index (χ0n) is 11.6. The maximum absolute atomic E-state index is 5.53. The lowest BCUT2D eigenvalue weighted by Crippen LogP contribution is -2.33. The van der Waals surface area contributed by atoms with Crippen LogP contribution in [-0.4, -0.2) is 19.8 Å². The number of ether oxygens (including phenoxy) is 1. The first-order valence-electron chi connectivity index (χ1n) is 6.36. The third kappa shape index (κ3) is 6.44. The highest BCUT2D eigenvalue weighted by atomic mass is 16.5. The van der Waals surface area contributed by atoms with Gasteiger partial charge in [0.2, 0.25) is 0 Å². The lowest BCUT2D eigenvalue weighted by Gasteiger charge is -2.24. The maximum Gasteiger partial charge on any atom is 0.107 e. The molecule has 1 rings (SSSR count). The van der Waals surface area contributed by atoms with E-state index in [1.165, 1.54) is 5.56 Å². The Morgan fingerprint density at radius 1 is 1.22 bits per heavy atom. The molecule has 98 valence electrons. The molecule has 0 atom stereocenters. The minimum absolute atomic E-state index is 0.129. The van der Waals surface area contributed by atoms with Crippen LogP contribution in [0.1, 0.15) is 26.3 Å². The van der Waals surface area contributed by atoms with E-state index in [1.54, 1.807) is 0 Å². The summed E-state index contributed by atoms with van der Waals surface area (Å²) in [6.45, 7) is 9.31. The largest absolute Gasteiger partial charge is 0.368 e. The van der Waals surface area contributed by atoms with Gasteiger partial charge in [-0.3, -0.25) is 0 Å². The van der Waals surface area contributed by atoms with Crippen LogP contribution < -0.4 is 5.32 Å². The van der Waals surface area contributed by atoms with Crippen LogP contribution in [0.3, 0.4) is 0 Å². The first-order valence-corrected chi connectivity index (χ1v) is 6.36. The summed E-state index contributed by atoms with van der Waals surface area (Å²) in [6.07, 6.45) is 0. The van der Waals surface area contributed by atoms with Crippen LogP contribution in [0.25, 0.3) is 0 Å². The first kappa shape index (κ1) is 14.8. The van der Waals surface area contributed by atoms with Gasteiger partial charge >= 0.3 is 0 Å². The Hall–Kier alpha value is -1.30. The minimum Gasteiger partial charge on any atom is -0.368 e. The monoisotopic (exact) mass is 245 g/mol. The van der Waals surface area contributed by atoms with E-state index in [1.807, 2.05) is 13.0 Å². The van der Waals surface area contributed by atoms with E-state index in [4.69, 9.17) is 4.74 Å². The molecule has 0 amide bonds.